The van der Waals surface area contributed by atoms with Crippen molar-refractivity contribution in [2.75, 3.05) is 36.0 Å². The molecule has 2 aliphatic heterocycles. The molecule has 17 heavy (non-hydrogen) atoms. The molecule has 1 unspecified atom stereocenters. The zero-order chi connectivity index (χ0) is 11.7. The molecule has 1 aromatic rings. The standard InChI is InChI=1S/C12H19N5/c13-10-4-8-17(9-10)12-14-5-3-11(15-12)16-6-1-2-7-16/h3,5,10H,1-2,4,6-9,13H2. The first-order valence-electron chi connectivity index (χ1n) is 6.41. The minimum Gasteiger partial charge on any atom is -0.356 e. The summed E-state index contributed by atoms with van der Waals surface area (Å²) in [5.74, 6) is 1.90. The number of nitrogens with zero attached hydrogens (tertiary/aromatic N) is 4. The highest BCUT2D eigenvalue weighted by Crippen LogP contribution is 2.21. The van der Waals surface area contributed by atoms with Gasteiger partial charge in [-0.15, -0.1) is 0 Å². The molecule has 0 spiro atoms. The molecule has 2 N–H and O–H groups in total. The predicted molar refractivity (Wildman–Crippen MR) is 68.3 cm³/mol. The topological polar surface area (TPSA) is 58.3 Å². The van der Waals surface area contributed by atoms with E-state index in [4.69, 9.17) is 5.73 Å². The fourth-order valence-electron chi connectivity index (χ4n) is 2.58. The summed E-state index contributed by atoms with van der Waals surface area (Å²) in [5, 5.41) is 0. The second-order valence-electron chi connectivity index (χ2n) is 4.90. The van der Waals surface area contributed by atoms with Crippen molar-refractivity contribution in [2.24, 2.45) is 5.73 Å². The maximum atomic E-state index is 5.92. The van der Waals surface area contributed by atoms with Gasteiger partial charge in [0, 0.05) is 38.4 Å². The van der Waals surface area contributed by atoms with Crippen LogP contribution in [0.4, 0.5) is 11.8 Å². The molecule has 2 saturated heterocycles. The lowest BCUT2D eigenvalue weighted by atomic mass is 10.3. The van der Waals surface area contributed by atoms with Gasteiger partial charge in [-0.25, -0.2) is 4.98 Å². The maximum absolute atomic E-state index is 5.92. The van der Waals surface area contributed by atoms with E-state index in [9.17, 15) is 0 Å². The highest BCUT2D eigenvalue weighted by molar-refractivity contribution is 5.45. The quantitative estimate of drug-likeness (QED) is 0.811. The Morgan fingerprint density at radius 3 is 2.71 bits per heavy atom. The maximum Gasteiger partial charge on any atom is 0.227 e. The van der Waals surface area contributed by atoms with Crippen LogP contribution in [0.2, 0.25) is 0 Å². The third-order valence-electron chi connectivity index (χ3n) is 3.57. The molecule has 5 nitrogen and oxygen atoms in total. The fourth-order valence-corrected chi connectivity index (χ4v) is 2.58. The molecule has 0 radical (unpaired) electrons. The van der Waals surface area contributed by atoms with E-state index < -0.39 is 0 Å². The van der Waals surface area contributed by atoms with E-state index in [2.05, 4.69) is 19.8 Å². The number of hydrogen-bond donors (Lipinski definition) is 1. The molecule has 0 saturated carbocycles. The van der Waals surface area contributed by atoms with Crippen LogP contribution < -0.4 is 15.5 Å². The van der Waals surface area contributed by atoms with Gasteiger partial charge in [-0.1, -0.05) is 0 Å². The van der Waals surface area contributed by atoms with Crippen molar-refractivity contribution in [3.8, 4) is 0 Å². The van der Waals surface area contributed by atoms with Crippen LogP contribution in [0.15, 0.2) is 12.3 Å². The summed E-state index contributed by atoms with van der Waals surface area (Å²) in [6.45, 7) is 4.10. The van der Waals surface area contributed by atoms with Crippen molar-refractivity contribution >= 4 is 11.8 Å². The van der Waals surface area contributed by atoms with Gasteiger partial charge in [0.25, 0.3) is 0 Å². The predicted octanol–water partition coefficient (Wildman–Crippen LogP) is 0.614. The van der Waals surface area contributed by atoms with Gasteiger partial charge in [0.1, 0.15) is 5.82 Å². The van der Waals surface area contributed by atoms with Crippen molar-refractivity contribution in [3.63, 3.8) is 0 Å². The first kappa shape index (κ1) is 10.8. The first-order valence-corrected chi connectivity index (χ1v) is 6.41. The lowest BCUT2D eigenvalue weighted by Crippen LogP contribution is -2.28. The second kappa shape index (κ2) is 4.49. The molecule has 3 heterocycles. The Hall–Kier alpha value is -1.36. The van der Waals surface area contributed by atoms with E-state index in [1.165, 1.54) is 12.8 Å². The van der Waals surface area contributed by atoms with Crippen molar-refractivity contribution in [1.29, 1.82) is 0 Å². The summed E-state index contributed by atoms with van der Waals surface area (Å²) < 4.78 is 0. The van der Waals surface area contributed by atoms with Crippen LogP contribution in [-0.4, -0.2) is 42.2 Å². The molecule has 2 fully saturated rings. The van der Waals surface area contributed by atoms with Crippen LogP contribution in [0, 0.1) is 0 Å². The highest BCUT2D eigenvalue weighted by atomic mass is 15.3. The van der Waals surface area contributed by atoms with E-state index in [0.717, 1.165) is 44.4 Å². The van der Waals surface area contributed by atoms with Crippen LogP contribution in [0.5, 0.6) is 0 Å². The molecule has 0 bridgehead atoms. The van der Waals surface area contributed by atoms with E-state index >= 15 is 0 Å². The van der Waals surface area contributed by atoms with Gasteiger partial charge < -0.3 is 15.5 Å². The van der Waals surface area contributed by atoms with Crippen LogP contribution in [0.3, 0.4) is 0 Å². The van der Waals surface area contributed by atoms with Crippen molar-refractivity contribution < 1.29 is 0 Å². The Labute approximate surface area is 102 Å². The zero-order valence-corrected chi connectivity index (χ0v) is 10.0. The monoisotopic (exact) mass is 233 g/mol. The molecule has 0 aliphatic carbocycles. The average Bonchev–Trinajstić information content (AvgIpc) is 3.00. The van der Waals surface area contributed by atoms with Gasteiger partial charge >= 0.3 is 0 Å². The molecule has 0 aromatic carbocycles. The number of rotatable bonds is 2. The molecule has 5 heteroatoms. The SMILES string of the molecule is NC1CCN(c2nccc(N3CCCC3)n2)C1. The van der Waals surface area contributed by atoms with Crippen molar-refractivity contribution in [1.82, 2.24) is 9.97 Å². The number of nitrogens with two attached hydrogens (primary N) is 1. The van der Waals surface area contributed by atoms with E-state index in [1.54, 1.807) is 0 Å². The summed E-state index contributed by atoms with van der Waals surface area (Å²) in [7, 11) is 0. The summed E-state index contributed by atoms with van der Waals surface area (Å²) in [5.41, 5.74) is 5.92. The van der Waals surface area contributed by atoms with Gasteiger partial charge in [-0.3, -0.25) is 0 Å². The van der Waals surface area contributed by atoms with Crippen molar-refractivity contribution in [3.05, 3.63) is 12.3 Å². The van der Waals surface area contributed by atoms with Gasteiger partial charge in [0.05, 0.1) is 0 Å². The lowest BCUT2D eigenvalue weighted by molar-refractivity contribution is 0.750. The highest BCUT2D eigenvalue weighted by Gasteiger charge is 2.22. The number of hydrogen-bond acceptors (Lipinski definition) is 5. The molecule has 92 valence electrons. The smallest absolute Gasteiger partial charge is 0.227 e. The van der Waals surface area contributed by atoms with Crippen LogP contribution >= 0.6 is 0 Å². The lowest BCUT2D eigenvalue weighted by Gasteiger charge is -2.20. The minimum atomic E-state index is 0.272. The largest absolute Gasteiger partial charge is 0.356 e. The summed E-state index contributed by atoms with van der Waals surface area (Å²) in [4.78, 5) is 13.5. The molecule has 1 aromatic heterocycles. The second-order valence-corrected chi connectivity index (χ2v) is 4.90. The molecule has 2 aliphatic rings. The van der Waals surface area contributed by atoms with E-state index in [1.807, 2.05) is 12.3 Å². The fraction of sp³-hybridized carbons (Fsp3) is 0.667. The van der Waals surface area contributed by atoms with Crippen LogP contribution in [0.25, 0.3) is 0 Å². The Balaban J connectivity index is 1.78. The van der Waals surface area contributed by atoms with Gasteiger partial charge in [0.15, 0.2) is 0 Å². The van der Waals surface area contributed by atoms with Crippen LogP contribution in [-0.2, 0) is 0 Å². The normalized spacial score (nSPS) is 24.6. The van der Waals surface area contributed by atoms with E-state index in [0.29, 0.717) is 0 Å². The minimum absolute atomic E-state index is 0.272. The van der Waals surface area contributed by atoms with Crippen LogP contribution in [0.1, 0.15) is 19.3 Å². The summed E-state index contributed by atoms with van der Waals surface area (Å²) >= 11 is 0. The van der Waals surface area contributed by atoms with E-state index in [-0.39, 0.29) is 6.04 Å². The number of aromatic nitrogens is 2. The van der Waals surface area contributed by atoms with Gasteiger partial charge in [-0.2, -0.15) is 4.98 Å². The molecule has 1 atom stereocenters. The molecular weight excluding hydrogens is 214 g/mol. The zero-order valence-electron chi connectivity index (χ0n) is 10.0. The Bertz CT molecular complexity index is 388. The number of anilines is 2. The third kappa shape index (κ3) is 2.20. The Kier molecular flexibility index (Phi) is 2.84. The molecule has 0 amide bonds. The molecular formula is C12H19N5. The summed E-state index contributed by atoms with van der Waals surface area (Å²) in [6, 6.07) is 2.28. The van der Waals surface area contributed by atoms with Gasteiger partial charge in [-0.05, 0) is 25.3 Å². The average molecular weight is 233 g/mol. The third-order valence-corrected chi connectivity index (χ3v) is 3.57. The Morgan fingerprint density at radius 1 is 1.18 bits per heavy atom. The summed E-state index contributed by atoms with van der Waals surface area (Å²) in [6.07, 6.45) is 5.44. The molecule has 3 rings (SSSR count). The first-order chi connectivity index (χ1) is 8.33. The van der Waals surface area contributed by atoms with Gasteiger partial charge in [0.2, 0.25) is 5.95 Å². The van der Waals surface area contributed by atoms with Crippen molar-refractivity contribution in [2.45, 2.75) is 25.3 Å². The Morgan fingerprint density at radius 2 is 2.00 bits per heavy atom.